The van der Waals surface area contributed by atoms with Crippen LogP contribution in [0.15, 0.2) is 47.4 Å². The third-order valence-electron chi connectivity index (χ3n) is 4.19. The van der Waals surface area contributed by atoms with E-state index in [1.165, 1.54) is 19.3 Å². The maximum absolute atomic E-state index is 12.7. The van der Waals surface area contributed by atoms with Crippen LogP contribution >= 0.6 is 23.4 Å². The molecule has 2 aromatic carbocycles. The Balaban J connectivity index is 1.70. The van der Waals surface area contributed by atoms with Crippen LogP contribution in [0.25, 0.3) is 6.08 Å². The first-order valence-corrected chi connectivity index (χ1v) is 10.4. The van der Waals surface area contributed by atoms with Gasteiger partial charge in [-0.3, -0.25) is 24.1 Å². The van der Waals surface area contributed by atoms with E-state index in [-0.39, 0.29) is 11.5 Å². The average Bonchev–Trinajstić information content (AvgIpc) is 3.00. The van der Waals surface area contributed by atoms with Crippen molar-refractivity contribution in [1.29, 1.82) is 0 Å². The van der Waals surface area contributed by atoms with E-state index >= 15 is 0 Å². The summed E-state index contributed by atoms with van der Waals surface area (Å²) in [6, 6.07) is 11.3. The van der Waals surface area contributed by atoms with Crippen molar-refractivity contribution in [2.24, 2.45) is 5.73 Å². The Morgan fingerprint density at radius 2 is 1.94 bits per heavy atom. The van der Waals surface area contributed by atoms with E-state index in [0.717, 1.165) is 4.90 Å². The lowest BCUT2D eigenvalue weighted by Crippen LogP contribution is -2.36. The standard InChI is InChI=1S/C21H18ClN3O6S/c1-30-16-7-6-13(9-14(16)22)24-19(27)10-25-20(28)17(32-21(25)29)8-12-4-2-3-5-15(12)31-11-18(23)26/h2-9H,10-11H2,1H3,(H2,23,26)(H,24,27). The van der Waals surface area contributed by atoms with Crippen molar-refractivity contribution in [1.82, 2.24) is 4.90 Å². The summed E-state index contributed by atoms with van der Waals surface area (Å²) in [6.07, 6.45) is 1.46. The predicted molar refractivity (Wildman–Crippen MR) is 120 cm³/mol. The highest BCUT2D eigenvalue weighted by Gasteiger charge is 2.36. The number of methoxy groups -OCH3 is 1. The van der Waals surface area contributed by atoms with Gasteiger partial charge in [0.1, 0.15) is 18.0 Å². The fourth-order valence-corrected chi connectivity index (χ4v) is 3.83. The zero-order valence-electron chi connectivity index (χ0n) is 16.8. The van der Waals surface area contributed by atoms with Crippen molar-refractivity contribution in [2.75, 3.05) is 25.6 Å². The lowest BCUT2D eigenvalue weighted by atomic mass is 10.2. The SMILES string of the molecule is COc1ccc(NC(=O)CN2C(=O)SC(=Cc3ccccc3OCC(N)=O)C2=O)cc1Cl. The van der Waals surface area contributed by atoms with Gasteiger partial charge in [-0.05, 0) is 42.1 Å². The molecule has 9 nitrogen and oxygen atoms in total. The van der Waals surface area contributed by atoms with Crippen molar-refractivity contribution in [3.8, 4) is 11.5 Å². The highest BCUT2D eigenvalue weighted by atomic mass is 35.5. The van der Waals surface area contributed by atoms with Gasteiger partial charge in [0, 0.05) is 11.3 Å². The van der Waals surface area contributed by atoms with Crippen molar-refractivity contribution in [3.63, 3.8) is 0 Å². The number of anilines is 1. The molecule has 3 N–H and O–H groups in total. The molecule has 0 spiro atoms. The molecular weight excluding hydrogens is 458 g/mol. The molecule has 1 aliphatic heterocycles. The number of carbonyl (C=O) groups is 4. The minimum absolute atomic E-state index is 0.116. The molecule has 0 atom stereocenters. The minimum Gasteiger partial charge on any atom is -0.495 e. The van der Waals surface area contributed by atoms with E-state index in [2.05, 4.69) is 5.32 Å². The Bertz CT molecular complexity index is 1120. The molecule has 0 bridgehead atoms. The molecule has 1 saturated heterocycles. The molecule has 0 saturated carbocycles. The smallest absolute Gasteiger partial charge is 0.294 e. The molecule has 166 valence electrons. The fraction of sp³-hybridized carbons (Fsp3) is 0.143. The summed E-state index contributed by atoms with van der Waals surface area (Å²) in [6.45, 7) is -0.798. The largest absolute Gasteiger partial charge is 0.495 e. The number of imide groups is 1. The Labute approximate surface area is 192 Å². The highest BCUT2D eigenvalue weighted by molar-refractivity contribution is 8.18. The van der Waals surface area contributed by atoms with Crippen molar-refractivity contribution in [3.05, 3.63) is 58.0 Å². The van der Waals surface area contributed by atoms with Crippen LogP contribution in [0.2, 0.25) is 5.02 Å². The Morgan fingerprint density at radius 3 is 2.62 bits per heavy atom. The van der Waals surface area contributed by atoms with Crippen molar-refractivity contribution in [2.45, 2.75) is 0 Å². The lowest BCUT2D eigenvalue weighted by molar-refractivity contribution is -0.127. The molecule has 11 heteroatoms. The highest BCUT2D eigenvalue weighted by Crippen LogP contribution is 2.34. The van der Waals surface area contributed by atoms with Gasteiger partial charge in [-0.2, -0.15) is 0 Å². The number of para-hydroxylation sites is 1. The Hall–Kier alpha value is -3.50. The van der Waals surface area contributed by atoms with Gasteiger partial charge in [0.25, 0.3) is 17.1 Å². The minimum atomic E-state index is -0.649. The van der Waals surface area contributed by atoms with Gasteiger partial charge in [0.2, 0.25) is 5.91 Å². The Morgan fingerprint density at radius 1 is 1.19 bits per heavy atom. The second-order valence-electron chi connectivity index (χ2n) is 6.46. The van der Waals surface area contributed by atoms with E-state index in [1.807, 2.05) is 0 Å². The molecule has 32 heavy (non-hydrogen) atoms. The van der Waals surface area contributed by atoms with Crippen LogP contribution in [0, 0.1) is 0 Å². The van der Waals surface area contributed by atoms with E-state index in [4.69, 9.17) is 26.8 Å². The van der Waals surface area contributed by atoms with Crippen LogP contribution in [0.1, 0.15) is 5.56 Å². The number of benzene rings is 2. The van der Waals surface area contributed by atoms with Crippen molar-refractivity contribution >= 4 is 58.1 Å². The number of ether oxygens (including phenoxy) is 2. The maximum Gasteiger partial charge on any atom is 0.294 e. The van der Waals surface area contributed by atoms with Gasteiger partial charge in [-0.15, -0.1) is 0 Å². The molecule has 0 aromatic heterocycles. The van der Waals surface area contributed by atoms with Crippen LogP contribution < -0.4 is 20.5 Å². The molecule has 3 rings (SSSR count). The van der Waals surface area contributed by atoms with Gasteiger partial charge < -0.3 is 20.5 Å². The zero-order chi connectivity index (χ0) is 23.3. The number of hydrogen-bond donors (Lipinski definition) is 2. The van der Waals surface area contributed by atoms with Gasteiger partial charge in [0.15, 0.2) is 6.61 Å². The number of hydrogen-bond acceptors (Lipinski definition) is 7. The van der Waals surface area contributed by atoms with Crippen LogP contribution in [-0.2, 0) is 14.4 Å². The second kappa shape index (κ2) is 10.2. The quantitative estimate of drug-likeness (QED) is 0.562. The number of amides is 4. The first-order chi connectivity index (χ1) is 15.3. The first-order valence-electron chi connectivity index (χ1n) is 9.17. The van der Waals surface area contributed by atoms with E-state index in [1.54, 1.807) is 36.4 Å². The van der Waals surface area contributed by atoms with Crippen LogP contribution in [0.4, 0.5) is 10.5 Å². The topological polar surface area (TPSA) is 128 Å². The number of primary amides is 1. The van der Waals surface area contributed by atoms with E-state index in [9.17, 15) is 19.2 Å². The third kappa shape index (κ3) is 5.59. The second-order valence-corrected chi connectivity index (χ2v) is 7.86. The van der Waals surface area contributed by atoms with E-state index < -0.39 is 29.5 Å². The van der Waals surface area contributed by atoms with Gasteiger partial charge >= 0.3 is 0 Å². The molecule has 1 fully saturated rings. The van der Waals surface area contributed by atoms with Crippen molar-refractivity contribution < 1.29 is 28.7 Å². The first kappa shape index (κ1) is 23.2. The molecule has 4 amide bonds. The summed E-state index contributed by atoms with van der Waals surface area (Å²) in [4.78, 5) is 49.3. The number of nitrogens with two attached hydrogens (primary N) is 1. The number of rotatable bonds is 8. The average molecular weight is 476 g/mol. The summed E-state index contributed by atoms with van der Waals surface area (Å²) >= 11 is 6.74. The fourth-order valence-electron chi connectivity index (χ4n) is 2.75. The molecular formula is C21H18ClN3O6S. The number of halogens is 1. The van der Waals surface area contributed by atoms with Gasteiger partial charge in [-0.25, -0.2) is 0 Å². The van der Waals surface area contributed by atoms with E-state index in [0.29, 0.717) is 39.5 Å². The predicted octanol–water partition coefficient (Wildman–Crippen LogP) is 2.89. The number of thioether (sulfide) groups is 1. The van der Waals surface area contributed by atoms with Crippen LogP contribution in [0.5, 0.6) is 11.5 Å². The number of nitrogens with one attached hydrogen (secondary N) is 1. The summed E-state index contributed by atoms with van der Waals surface area (Å²) in [5, 5.41) is 2.30. The summed E-state index contributed by atoms with van der Waals surface area (Å²) < 4.78 is 10.4. The Kier molecular flexibility index (Phi) is 7.39. The number of nitrogens with zero attached hydrogens (tertiary/aromatic N) is 1. The molecule has 0 unspecified atom stereocenters. The number of carbonyl (C=O) groups excluding carboxylic acids is 4. The summed E-state index contributed by atoms with van der Waals surface area (Å²) in [5.41, 5.74) is 5.97. The summed E-state index contributed by atoms with van der Waals surface area (Å²) in [7, 11) is 1.47. The molecule has 2 aromatic rings. The molecule has 1 aliphatic rings. The zero-order valence-corrected chi connectivity index (χ0v) is 18.4. The normalized spacial score (nSPS) is 14.6. The third-order valence-corrected chi connectivity index (χ3v) is 5.39. The van der Waals surface area contributed by atoms with Gasteiger partial charge in [-0.1, -0.05) is 29.8 Å². The molecule has 0 radical (unpaired) electrons. The maximum atomic E-state index is 12.7. The van der Waals surface area contributed by atoms with Crippen LogP contribution in [0.3, 0.4) is 0 Å². The van der Waals surface area contributed by atoms with Gasteiger partial charge in [0.05, 0.1) is 17.0 Å². The lowest BCUT2D eigenvalue weighted by Gasteiger charge is -2.13. The monoisotopic (exact) mass is 475 g/mol. The summed E-state index contributed by atoms with van der Waals surface area (Å²) in [5.74, 6) is -1.06. The van der Waals surface area contributed by atoms with Crippen LogP contribution in [-0.4, -0.2) is 48.1 Å². The molecule has 1 heterocycles. The molecule has 0 aliphatic carbocycles.